The molecule has 0 bridgehead atoms. The summed E-state index contributed by atoms with van der Waals surface area (Å²) in [6, 6.07) is 10.4. The maximum absolute atomic E-state index is 12.8. The standard InChI is InChI=1S/C18H19N3O6S/c1-27-15-3-5-16(6-4-15)28(25,26)20-10-8-19(9-11-20)17-7-2-14(13-22)12-18(17)21(23)24/h2-7,12-13H,8-11H2,1H3. The Balaban J connectivity index is 1.77. The molecule has 1 fully saturated rings. The number of nitro groups is 1. The molecule has 2 aromatic rings. The minimum Gasteiger partial charge on any atom is -0.497 e. The Hall–Kier alpha value is -2.98. The zero-order valence-corrected chi connectivity index (χ0v) is 16.0. The fourth-order valence-electron chi connectivity index (χ4n) is 3.09. The summed E-state index contributed by atoms with van der Waals surface area (Å²) in [5, 5.41) is 11.3. The number of rotatable bonds is 6. The highest BCUT2D eigenvalue weighted by molar-refractivity contribution is 7.89. The summed E-state index contributed by atoms with van der Waals surface area (Å²) < 4.78 is 32.0. The van der Waals surface area contributed by atoms with Gasteiger partial charge in [-0.05, 0) is 36.4 Å². The van der Waals surface area contributed by atoms with Crippen LogP contribution in [0.25, 0.3) is 0 Å². The molecule has 1 heterocycles. The van der Waals surface area contributed by atoms with Crippen molar-refractivity contribution in [3.05, 3.63) is 58.1 Å². The normalized spacial score (nSPS) is 15.2. The van der Waals surface area contributed by atoms with Crippen LogP contribution in [0.15, 0.2) is 47.4 Å². The minimum atomic E-state index is -3.66. The summed E-state index contributed by atoms with van der Waals surface area (Å²) >= 11 is 0. The Morgan fingerprint density at radius 1 is 1.07 bits per heavy atom. The summed E-state index contributed by atoms with van der Waals surface area (Å²) in [6.07, 6.45) is 0.552. The van der Waals surface area contributed by atoms with E-state index in [1.165, 1.54) is 41.7 Å². The molecule has 0 radical (unpaired) electrons. The van der Waals surface area contributed by atoms with Gasteiger partial charge >= 0.3 is 0 Å². The highest BCUT2D eigenvalue weighted by atomic mass is 32.2. The second-order valence-electron chi connectivity index (χ2n) is 6.19. The summed E-state index contributed by atoms with van der Waals surface area (Å²) in [5.74, 6) is 0.565. The molecule has 3 rings (SSSR count). The number of sulfonamides is 1. The highest BCUT2D eigenvalue weighted by Gasteiger charge is 2.30. The van der Waals surface area contributed by atoms with E-state index in [2.05, 4.69) is 0 Å². The van der Waals surface area contributed by atoms with Crippen molar-refractivity contribution >= 4 is 27.7 Å². The van der Waals surface area contributed by atoms with Gasteiger partial charge in [-0.25, -0.2) is 8.42 Å². The molecule has 10 heteroatoms. The lowest BCUT2D eigenvalue weighted by Gasteiger charge is -2.35. The zero-order valence-electron chi connectivity index (χ0n) is 15.1. The molecule has 1 aliphatic rings. The van der Waals surface area contributed by atoms with Crippen molar-refractivity contribution in [3.8, 4) is 5.75 Å². The first kappa shape index (κ1) is 19.8. The Morgan fingerprint density at radius 3 is 2.25 bits per heavy atom. The predicted molar refractivity (Wildman–Crippen MR) is 102 cm³/mol. The van der Waals surface area contributed by atoms with Crippen molar-refractivity contribution < 1.29 is 22.9 Å². The Kier molecular flexibility index (Phi) is 5.61. The van der Waals surface area contributed by atoms with Crippen molar-refractivity contribution in [1.82, 2.24) is 4.31 Å². The molecule has 28 heavy (non-hydrogen) atoms. The van der Waals surface area contributed by atoms with Gasteiger partial charge in [-0.3, -0.25) is 14.9 Å². The van der Waals surface area contributed by atoms with Gasteiger partial charge in [0.15, 0.2) is 0 Å². The van der Waals surface area contributed by atoms with E-state index in [-0.39, 0.29) is 29.2 Å². The molecular weight excluding hydrogens is 386 g/mol. The number of piperazine rings is 1. The fourth-order valence-corrected chi connectivity index (χ4v) is 4.52. The number of hydrogen-bond donors (Lipinski definition) is 0. The first-order valence-electron chi connectivity index (χ1n) is 8.49. The summed E-state index contributed by atoms with van der Waals surface area (Å²) in [7, 11) is -2.16. The van der Waals surface area contributed by atoms with Gasteiger partial charge in [0.2, 0.25) is 10.0 Å². The van der Waals surface area contributed by atoms with Crippen molar-refractivity contribution in [2.45, 2.75) is 4.90 Å². The van der Waals surface area contributed by atoms with Gasteiger partial charge in [0, 0.05) is 37.8 Å². The molecule has 148 valence electrons. The number of carbonyl (C=O) groups is 1. The first-order chi connectivity index (χ1) is 13.4. The monoisotopic (exact) mass is 405 g/mol. The van der Waals surface area contributed by atoms with Gasteiger partial charge in [-0.2, -0.15) is 4.31 Å². The molecule has 0 aromatic heterocycles. The molecule has 0 unspecified atom stereocenters. The van der Waals surface area contributed by atoms with Crippen molar-refractivity contribution in [2.24, 2.45) is 0 Å². The number of carbonyl (C=O) groups excluding carboxylic acids is 1. The number of aldehydes is 1. The van der Waals surface area contributed by atoms with Crippen LogP contribution in [0, 0.1) is 10.1 Å². The van der Waals surface area contributed by atoms with Gasteiger partial charge in [0.1, 0.15) is 17.7 Å². The highest BCUT2D eigenvalue weighted by Crippen LogP contribution is 2.30. The van der Waals surface area contributed by atoms with Crippen LogP contribution in [-0.2, 0) is 10.0 Å². The summed E-state index contributed by atoms with van der Waals surface area (Å²) in [5.41, 5.74) is 0.421. The van der Waals surface area contributed by atoms with Gasteiger partial charge < -0.3 is 9.64 Å². The molecule has 9 nitrogen and oxygen atoms in total. The molecule has 0 atom stereocenters. The Labute approximate surface area is 162 Å². The molecule has 2 aromatic carbocycles. The molecule has 1 saturated heterocycles. The summed E-state index contributed by atoms with van der Waals surface area (Å²) in [6.45, 7) is 0.995. The van der Waals surface area contributed by atoms with E-state index in [1.807, 2.05) is 0 Å². The number of anilines is 1. The smallest absolute Gasteiger partial charge is 0.293 e. The molecular formula is C18H19N3O6S. The largest absolute Gasteiger partial charge is 0.497 e. The quantitative estimate of drug-likeness (QED) is 0.410. The van der Waals surface area contributed by atoms with Crippen LogP contribution in [0.3, 0.4) is 0 Å². The van der Waals surface area contributed by atoms with E-state index in [0.29, 0.717) is 30.8 Å². The predicted octanol–water partition coefficient (Wildman–Crippen LogP) is 1.93. The third kappa shape index (κ3) is 3.82. The van der Waals surface area contributed by atoms with E-state index in [0.717, 1.165) is 0 Å². The molecule has 0 aliphatic carbocycles. The van der Waals surface area contributed by atoms with Crippen LogP contribution >= 0.6 is 0 Å². The molecule has 0 saturated carbocycles. The topological polar surface area (TPSA) is 110 Å². The molecule has 0 spiro atoms. The van der Waals surface area contributed by atoms with Gasteiger partial charge in [-0.1, -0.05) is 0 Å². The molecule has 0 N–H and O–H groups in total. The lowest BCUT2D eigenvalue weighted by molar-refractivity contribution is -0.384. The maximum atomic E-state index is 12.8. The Morgan fingerprint density at radius 2 is 1.71 bits per heavy atom. The van der Waals surface area contributed by atoms with E-state index in [9.17, 15) is 23.3 Å². The fraction of sp³-hybridized carbons (Fsp3) is 0.278. The average Bonchev–Trinajstić information content (AvgIpc) is 2.73. The van der Waals surface area contributed by atoms with E-state index in [1.54, 1.807) is 17.0 Å². The minimum absolute atomic E-state index is 0.170. The van der Waals surface area contributed by atoms with E-state index < -0.39 is 14.9 Å². The second-order valence-corrected chi connectivity index (χ2v) is 8.13. The zero-order chi connectivity index (χ0) is 20.3. The van der Waals surface area contributed by atoms with Crippen LogP contribution in [0.2, 0.25) is 0 Å². The number of nitrogens with zero attached hydrogens (tertiary/aromatic N) is 3. The number of methoxy groups -OCH3 is 1. The lowest BCUT2D eigenvalue weighted by atomic mass is 10.1. The number of benzene rings is 2. The van der Waals surface area contributed by atoms with Crippen LogP contribution in [0.5, 0.6) is 5.75 Å². The van der Waals surface area contributed by atoms with Gasteiger partial charge in [-0.15, -0.1) is 0 Å². The van der Waals surface area contributed by atoms with E-state index >= 15 is 0 Å². The summed E-state index contributed by atoms with van der Waals surface area (Å²) in [4.78, 5) is 23.6. The van der Waals surface area contributed by atoms with Gasteiger partial charge in [0.05, 0.1) is 16.9 Å². The van der Waals surface area contributed by atoms with Gasteiger partial charge in [0.25, 0.3) is 5.69 Å². The first-order valence-corrected chi connectivity index (χ1v) is 9.93. The van der Waals surface area contributed by atoms with Crippen molar-refractivity contribution in [3.63, 3.8) is 0 Å². The third-order valence-electron chi connectivity index (χ3n) is 4.61. The number of ether oxygens (including phenoxy) is 1. The molecule has 1 aliphatic heterocycles. The second kappa shape index (κ2) is 7.95. The van der Waals surface area contributed by atoms with Crippen molar-refractivity contribution in [1.29, 1.82) is 0 Å². The Bertz CT molecular complexity index is 983. The van der Waals surface area contributed by atoms with Crippen molar-refractivity contribution in [2.75, 3.05) is 38.2 Å². The third-order valence-corrected chi connectivity index (χ3v) is 6.52. The van der Waals surface area contributed by atoms with Crippen LogP contribution in [0.1, 0.15) is 10.4 Å². The number of hydrogen-bond acceptors (Lipinski definition) is 7. The van der Waals surface area contributed by atoms with E-state index in [4.69, 9.17) is 4.74 Å². The SMILES string of the molecule is COc1ccc(S(=O)(=O)N2CCN(c3ccc(C=O)cc3[N+](=O)[O-])CC2)cc1. The number of nitro benzene ring substituents is 1. The average molecular weight is 405 g/mol. The van der Waals surface area contributed by atoms with Crippen LogP contribution in [0.4, 0.5) is 11.4 Å². The lowest BCUT2D eigenvalue weighted by Crippen LogP contribution is -2.48. The maximum Gasteiger partial charge on any atom is 0.293 e. The van der Waals surface area contributed by atoms with Crippen LogP contribution < -0.4 is 9.64 Å². The molecule has 0 amide bonds. The van der Waals surface area contributed by atoms with Crippen LogP contribution in [-0.4, -0.2) is 57.2 Å².